The summed E-state index contributed by atoms with van der Waals surface area (Å²) in [5.41, 5.74) is 1.79. The number of hydrogen-bond acceptors (Lipinski definition) is 4. The third-order valence-corrected chi connectivity index (χ3v) is 8.25. The van der Waals surface area contributed by atoms with Gasteiger partial charge in [0.2, 0.25) is 11.8 Å². The van der Waals surface area contributed by atoms with Crippen LogP contribution in [0.2, 0.25) is 0 Å². The molecule has 0 fully saturated rings. The summed E-state index contributed by atoms with van der Waals surface area (Å²) in [6.45, 7) is 2.00. The zero-order valence-corrected chi connectivity index (χ0v) is 24.0. The van der Waals surface area contributed by atoms with E-state index in [1.54, 1.807) is 0 Å². The molecule has 0 heterocycles. The summed E-state index contributed by atoms with van der Waals surface area (Å²) < 4.78 is 42.2. The van der Waals surface area contributed by atoms with Crippen molar-refractivity contribution in [2.24, 2.45) is 0 Å². The van der Waals surface area contributed by atoms with Crippen molar-refractivity contribution in [2.45, 2.75) is 38.8 Å². The van der Waals surface area contributed by atoms with Gasteiger partial charge in [0.25, 0.3) is 0 Å². The van der Waals surface area contributed by atoms with E-state index in [-0.39, 0.29) is 24.6 Å². The Balaban J connectivity index is 2.04. The summed E-state index contributed by atoms with van der Waals surface area (Å²) in [4.78, 5) is 29.1. The molecular formula is C30H37FN4O4S. The quantitative estimate of drug-likeness (QED) is 0.298. The van der Waals surface area contributed by atoms with Crippen LogP contribution in [-0.2, 0) is 32.8 Å². The van der Waals surface area contributed by atoms with E-state index in [2.05, 4.69) is 5.32 Å². The molecule has 0 aliphatic heterocycles. The fraction of sp³-hybridized carbons (Fsp3) is 0.333. The number of carbonyl (C=O) groups is 2. The van der Waals surface area contributed by atoms with Crippen molar-refractivity contribution in [3.05, 3.63) is 102 Å². The monoisotopic (exact) mass is 568 g/mol. The van der Waals surface area contributed by atoms with Crippen molar-refractivity contribution in [3.63, 3.8) is 0 Å². The lowest BCUT2D eigenvalue weighted by Crippen LogP contribution is -2.54. The number of carbonyl (C=O) groups excluding carboxylic acids is 2. The van der Waals surface area contributed by atoms with Crippen LogP contribution in [0.3, 0.4) is 0 Å². The van der Waals surface area contributed by atoms with E-state index < -0.39 is 34.5 Å². The van der Waals surface area contributed by atoms with Crippen molar-refractivity contribution in [3.8, 4) is 0 Å². The van der Waals surface area contributed by atoms with E-state index in [0.29, 0.717) is 6.54 Å². The van der Waals surface area contributed by atoms with Crippen molar-refractivity contribution in [2.75, 3.05) is 31.5 Å². The SMILES string of the molecule is CCCCNC(=O)C(Cc1ccccc1)N(Cc1ccccc1)C(=O)CN(c1ccc(F)cc1)S(=O)(=O)N(C)C. The van der Waals surface area contributed by atoms with E-state index in [0.717, 1.165) is 44.7 Å². The second-order valence-corrected chi connectivity index (χ2v) is 11.7. The van der Waals surface area contributed by atoms with E-state index in [4.69, 9.17) is 0 Å². The van der Waals surface area contributed by atoms with Crippen LogP contribution in [-0.4, -0.2) is 62.7 Å². The number of halogens is 1. The normalized spacial score (nSPS) is 12.1. The highest BCUT2D eigenvalue weighted by atomic mass is 32.2. The molecule has 0 bridgehead atoms. The molecule has 0 aromatic heterocycles. The van der Waals surface area contributed by atoms with Crippen molar-refractivity contribution < 1.29 is 22.4 Å². The first-order chi connectivity index (χ1) is 19.1. The molecule has 0 saturated carbocycles. The molecular weight excluding hydrogens is 531 g/mol. The Morgan fingerprint density at radius 3 is 2.00 bits per heavy atom. The zero-order valence-electron chi connectivity index (χ0n) is 23.2. The highest BCUT2D eigenvalue weighted by Gasteiger charge is 2.34. The van der Waals surface area contributed by atoms with Gasteiger partial charge in [-0.1, -0.05) is 74.0 Å². The molecule has 0 aliphatic rings. The molecule has 3 rings (SSSR count). The zero-order chi connectivity index (χ0) is 29.1. The van der Waals surface area contributed by atoms with Gasteiger partial charge in [-0.3, -0.25) is 9.59 Å². The van der Waals surface area contributed by atoms with Gasteiger partial charge >= 0.3 is 10.2 Å². The Morgan fingerprint density at radius 2 is 1.45 bits per heavy atom. The number of nitrogens with one attached hydrogen (secondary N) is 1. The van der Waals surface area contributed by atoms with Crippen molar-refractivity contribution in [1.82, 2.24) is 14.5 Å². The molecule has 0 radical (unpaired) electrons. The molecule has 2 amide bonds. The van der Waals surface area contributed by atoms with E-state index in [1.165, 1.54) is 31.1 Å². The first kappa shape index (κ1) is 30.8. The highest BCUT2D eigenvalue weighted by Crippen LogP contribution is 2.22. The summed E-state index contributed by atoms with van der Waals surface area (Å²) in [5.74, 6) is -1.41. The van der Waals surface area contributed by atoms with Gasteiger partial charge in [-0.05, 0) is 41.8 Å². The molecule has 0 saturated heterocycles. The summed E-state index contributed by atoms with van der Waals surface area (Å²) >= 11 is 0. The van der Waals surface area contributed by atoms with E-state index >= 15 is 0 Å². The highest BCUT2D eigenvalue weighted by molar-refractivity contribution is 7.90. The van der Waals surface area contributed by atoms with Gasteiger partial charge in [-0.2, -0.15) is 12.7 Å². The summed E-state index contributed by atoms with van der Waals surface area (Å²) in [6, 6.07) is 22.6. The van der Waals surface area contributed by atoms with Crippen LogP contribution in [0.4, 0.5) is 10.1 Å². The Morgan fingerprint density at radius 1 is 0.875 bits per heavy atom. The van der Waals surface area contributed by atoms with Crippen molar-refractivity contribution in [1.29, 1.82) is 0 Å². The van der Waals surface area contributed by atoms with E-state index in [1.807, 2.05) is 67.6 Å². The first-order valence-corrected chi connectivity index (χ1v) is 14.6. The molecule has 8 nitrogen and oxygen atoms in total. The number of hydrogen-bond donors (Lipinski definition) is 1. The largest absolute Gasteiger partial charge is 0.354 e. The molecule has 1 N–H and O–H groups in total. The molecule has 10 heteroatoms. The number of amides is 2. The lowest BCUT2D eigenvalue weighted by Gasteiger charge is -2.34. The van der Waals surface area contributed by atoms with Gasteiger partial charge in [-0.25, -0.2) is 8.70 Å². The van der Waals surface area contributed by atoms with Crippen LogP contribution in [0.5, 0.6) is 0 Å². The van der Waals surface area contributed by atoms with Crippen LogP contribution < -0.4 is 9.62 Å². The lowest BCUT2D eigenvalue weighted by molar-refractivity contribution is -0.140. The minimum atomic E-state index is -4.13. The summed E-state index contributed by atoms with van der Waals surface area (Å²) in [7, 11) is -1.42. The Hall–Kier alpha value is -3.76. The third kappa shape index (κ3) is 8.37. The number of nitrogens with zero attached hydrogens (tertiary/aromatic N) is 3. The maximum Gasteiger partial charge on any atom is 0.304 e. The second kappa shape index (κ2) is 14.6. The molecule has 3 aromatic rings. The van der Waals surface area contributed by atoms with Crippen LogP contribution >= 0.6 is 0 Å². The molecule has 3 aromatic carbocycles. The van der Waals surface area contributed by atoms with Gasteiger partial charge in [0.05, 0.1) is 5.69 Å². The maximum atomic E-state index is 14.1. The van der Waals surface area contributed by atoms with Crippen LogP contribution in [0.15, 0.2) is 84.9 Å². The molecule has 1 atom stereocenters. The molecule has 0 aliphatic carbocycles. The van der Waals surface area contributed by atoms with Gasteiger partial charge in [0.1, 0.15) is 18.4 Å². The maximum absolute atomic E-state index is 14.1. The Bertz CT molecular complexity index is 1340. The molecule has 214 valence electrons. The average molecular weight is 569 g/mol. The number of rotatable bonds is 14. The summed E-state index contributed by atoms with van der Waals surface area (Å²) in [5, 5.41) is 2.95. The summed E-state index contributed by atoms with van der Waals surface area (Å²) in [6.07, 6.45) is 1.93. The van der Waals surface area contributed by atoms with Crippen LogP contribution in [0.25, 0.3) is 0 Å². The number of benzene rings is 3. The Kier molecular flexibility index (Phi) is 11.2. The smallest absolute Gasteiger partial charge is 0.304 e. The average Bonchev–Trinajstić information content (AvgIpc) is 2.95. The topological polar surface area (TPSA) is 90.0 Å². The minimum Gasteiger partial charge on any atom is -0.354 e. The second-order valence-electron chi connectivity index (χ2n) is 9.63. The van der Waals surface area contributed by atoms with Gasteiger partial charge < -0.3 is 10.2 Å². The van der Waals surface area contributed by atoms with Gasteiger partial charge in [-0.15, -0.1) is 0 Å². The Labute approximate surface area is 236 Å². The van der Waals surface area contributed by atoms with Gasteiger partial charge in [0, 0.05) is 33.6 Å². The third-order valence-electron chi connectivity index (χ3n) is 6.43. The number of unbranched alkanes of at least 4 members (excludes halogenated alkanes) is 1. The minimum absolute atomic E-state index is 0.0949. The van der Waals surface area contributed by atoms with Crippen LogP contribution in [0, 0.1) is 5.82 Å². The predicted molar refractivity (Wildman–Crippen MR) is 155 cm³/mol. The fourth-order valence-electron chi connectivity index (χ4n) is 4.16. The standard InChI is InChI=1S/C30H37FN4O4S/c1-4-5-20-32-30(37)28(21-24-12-8-6-9-13-24)34(22-25-14-10-7-11-15-25)29(36)23-35(40(38,39)33(2)3)27-18-16-26(31)17-19-27/h6-19,28H,4-5,20-23H2,1-3H3,(H,32,37). The molecule has 0 spiro atoms. The first-order valence-electron chi connectivity index (χ1n) is 13.2. The lowest BCUT2D eigenvalue weighted by atomic mass is 10.0. The van der Waals surface area contributed by atoms with Crippen LogP contribution in [0.1, 0.15) is 30.9 Å². The van der Waals surface area contributed by atoms with Gasteiger partial charge in [0.15, 0.2) is 0 Å². The molecule has 40 heavy (non-hydrogen) atoms. The van der Waals surface area contributed by atoms with E-state index in [9.17, 15) is 22.4 Å². The van der Waals surface area contributed by atoms with Crippen molar-refractivity contribution >= 4 is 27.7 Å². The number of anilines is 1. The predicted octanol–water partition coefficient (Wildman–Crippen LogP) is 3.99. The fourth-order valence-corrected chi connectivity index (χ4v) is 5.22. The molecule has 1 unspecified atom stereocenters.